The molecule has 6 nitrogen and oxygen atoms in total. The molecule has 0 aliphatic rings. The third-order valence-electron chi connectivity index (χ3n) is 10.7. The van der Waals surface area contributed by atoms with Crippen LogP contribution in [0.4, 0.5) is 34.1 Å². The number of para-hydroxylation sites is 2. The van der Waals surface area contributed by atoms with Gasteiger partial charge in [-0.15, -0.1) is 0 Å². The maximum atomic E-state index is 13.4. The zero-order chi connectivity index (χ0) is 42.4. The van der Waals surface area contributed by atoms with Crippen molar-refractivity contribution in [1.82, 2.24) is 0 Å². The zero-order valence-corrected chi connectivity index (χ0v) is 35.6. The largest absolute Gasteiger partial charge is 0.488 e. The van der Waals surface area contributed by atoms with E-state index in [1.165, 1.54) is 5.56 Å². The molecule has 0 fully saturated rings. The van der Waals surface area contributed by atoms with Crippen LogP contribution in [0.3, 0.4) is 0 Å². The molecular formula is C54H48N2O4S. The lowest BCUT2D eigenvalue weighted by Crippen LogP contribution is -2.26. The molecule has 7 heteroatoms. The summed E-state index contributed by atoms with van der Waals surface area (Å²) >= 11 is 0. The summed E-state index contributed by atoms with van der Waals surface area (Å²) in [5, 5.41) is 0. The van der Waals surface area contributed by atoms with Crippen LogP contribution in [-0.2, 0) is 9.84 Å². The minimum absolute atomic E-state index is 0.187. The van der Waals surface area contributed by atoms with E-state index in [0.29, 0.717) is 17.2 Å². The average Bonchev–Trinajstić information content (AvgIpc) is 3.29. The maximum absolute atomic E-state index is 13.4. The molecular weight excluding hydrogens is 773 g/mol. The Kier molecular flexibility index (Phi) is 11.8. The summed E-state index contributed by atoms with van der Waals surface area (Å²) in [4.78, 5) is 4.87. The van der Waals surface area contributed by atoms with Crippen molar-refractivity contribution in [3.63, 3.8) is 0 Å². The molecule has 8 aromatic carbocycles. The molecule has 61 heavy (non-hydrogen) atoms. The smallest absolute Gasteiger partial charge is 0.206 e. The van der Waals surface area contributed by atoms with Crippen LogP contribution in [0.15, 0.2) is 216 Å². The van der Waals surface area contributed by atoms with Crippen molar-refractivity contribution in [3.05, 3.63) is 212 Å². The first-order chi connectivity index (χ1) is 29.6. The second kappa shape index (κ2) is 17.6. The van der Waals surface area contributed by atoms with Crippen LogP contribution in [0.1, 0.15) is 32.8 Å². The number of anilines is 6. The Balaban J connectivity index is 0.978. The van der Waals surface area contributed by atoms with Crippen LogP contribution >= 0.6 is 0 Å². The van der Waals surface area contributed by atoms with E-state index in [2.05, 4.69) is 133 Å². The SMILES string of the molecule is CCC(C)(C)Oc1ccc(S(=O)(=O)c2ccc(Oc3ccc(N(c4ccccc4)c4ccc(-c5ccc(N(c6ccccc6)c6ccc(C)cc6)cc5)cc4)cc3)cc2)cc1. The summed E-state index contributed by atoms with van der Waals surface area (Å²) in [5.41, 5.74) is 9.43. The Morgan fingerprint density at radius 1 is 0.426 bits per heavy atom. The molecule has 0 radical (unpaired) electrons. The van der Waals surface area contributed by atoms with E-state index in [1.54, 1.807) is 48.5 Å². The lowest BCUT2D eigenvalue weighted by molar-refractivity contribution is 0.105. The van der Waals surface area contributed by atoms with E-state index in [-0.39, 0.29) is 15.4 Å². The molecule has 0 spiro atoms. The molecule has 8 rings (SSSR count). The minimum atomic E-state index is -3.73. The van der Waals surface area contributed by atoms with Gasteiger partial charge in [0.25, 0.3) is 0 Å². The van der Waals surface area contributed by atoms with Crippen LogP contribution in [0.25, 0.3) is 11.1 Å². The van der Waals surface area contributed by atoms with E-state index >= 15 is 0 Å². The van der Waals surface area contributed by atoms with Gasteiger partial charge in [-0.3, -0.25) is 0 Å². The van der Waals surface area contributed by atoms with E-state index in [4.69, 9.17) is 9.47 Å². The molecule has 0 atom stereocenters. The van der Waals surface area contributed by atoms with Gasteiger partial charge in [-0.25, -0.2) is 8.42 Å². The molecule has 304 valence electrons. The van der Waals surface area contributed by atoms with Gasteiger partial charge in [-0.2, -0.15) is 0 Å². The predicted molar refractivity (Wildman–Crippen MR) is 249 cm³/mol. The minimum Gasteiger partial charge on any atom is -0.488 e. The van der Waals surface area contributed by atoms with Crippen molar-refractivity contribution >= 4 is 44.0 Å². The van der Waals surface area contributed by atoms with E-state index in [0.717, 1.165) is 51.7 Å². The van der Waals surface area contributed by atoms with Gasteiger partial charge < -0.3 is 19.3 Å². The lowest BCUT2D eigenvalue weighted by atomic mass is 10.0. The molecule has 0 N–H and O–H groups in total. The number of sulfone groups is 1. The summed E-state index contributed by atoms with van der Waals surface area (Å²) in [5.74, 6) is 1.79. The normalized spacial score (nSPS) is 11.5. The summed E-state index contributed by atoms with van der Waals surface area (Å²) in [6, 6.07) is 67.6. The molecule has 0 aliphatic heterocycles. The van der Waals surface area contributed by atoms with Crippen LogP contribution < -0.4 is 19.3 Å². The summed E-state index contributed by atoms with van der Waals surface area (Å²) < 4.78 is 39.0. The van der Waals surface area contributed by atoms with Crippen LogP contribution in [0, 0.1) is 6.92 Å². The fraction of sp³-hybridized carbons (Fsp3) is 0.111. The standard InChI is InChI=1S/C54H48N2O4S/c1-5-54(3,4)60-51-34-38-53(39-35-51)61(57,58)52-36-32-50(33-37-52)59-49-30-28-48(29-31-49)56(44-14-10-7-11-15-44)47-26-20-42(21-27-47)41-18-24-46(25-19-41)55(43-12-8-6-9-13-43)45-22-16-40(2)17-23-45/h6-39H,5H2,1-4H3. The van der Waals surface area contributed by atoms with Crippen molar-refractivity contribution in [2.75, 3.05) is 9.80 Å². The van der Waals surface area contributed by atoms with Gasteiger partial charge in [0.15, 0.2) is 0 Å². The number of ether oxygens (including phenoxy) is 2. The van der Waals surface area contributed by atoms with Gasteiger partial charge in [-0.05, 0) is 172 Å². The molecule has 0 amide bonds. The number of hydrogen-bond donors (Lipinski definition) is 0. The molecule has 0 aliphatic carbocycles. The van der Waals surface area contributed by atoms with Gasteiger partial charge in [0.2, 0.25) is 9.84 Å². The molecule has 0 bridgehead atoms. The van der Waals surface area contributed by atoms with Gasteiger partial charge in [0.1, 0.15) is 22.8 Å². The topological polar surface area (TPSA) is 59.1 Å². The second-order valence-corrected chi connectivity index (χ2v) is 17.5. The molecule has 0 unspecified atom stereocenters. The molecule has 0 saturated carbocycles. The van der Waals surface area contributed by atoms with Crippen molar-refractivity contribution in [1.29, 1.82) is 0 Å². The molecule has 0 saturated heterocycles. The van der Waals surface area contributed by atoms with Crippen molar-refractivity contribution < 1.29 is 17.9 Å². The number of nitrogens with zero attached hydrogens (tertiary/aromatic N) is 2. The molecule has 8 aromatic rings. The summed E-state index contributed by atoms with van der Waals surface area (Å²) in [6.45, 7) is 8.16. The van der Waals surface area contributed by atoms with Gasteiger partial charge >= 0.3 is 0 Å². The van der Waals surface area contributed by atoms with Crippen molar-refractivity contribution in [3.8, 4) is 28.4 Å². The van der Waals surface area contributed by atoms with E-state index in [9.17, 15) is 8.42 Å². The maximum Gasteiger partial charge on any atom is 0.206 e. The zero-order valence-electron chi connectivity index (χ0n) is 34.8. The highest BCUT2D eigenvalue weighted by molar-refractivity contribution is 7.91. The Morgan fingerprint density at radius 2 is 0.754 bits per heavy atom. The van der Waals surface area contributed by atoms with Crippen LogP contribution in [-0.4, -0.2) is 14.0 Å². The number of hydrogen-bond acceptors (Lipinski definition) is 6. The first-order valence-electron chi connectivity index (χ1n) is 20.5. The highest BCUT2D eigenvalue weighted by Crippen LogP contribution is 2.39. The average molecular weight is 821 g/mol. The summed E-state index contributed by atoms with van der Waals surface area (Å²) in [7, 11) is -3.73. The van der Waals surface area contributed by atoms with Crippen molar-refractivity contribution in [2.45, 2.75) is 49.5 Å². The monoisotopic (exact) mass is 820 g/mol. The fourth-order valence-electron chi connectivity index (χ4n) is 7.05. The number of benzene rings is 8. The Bertz CT molecular complexity index is 2770. The summed E-state index contributed by atoms with van der Waals surface area (Å²) in [6.07, 6.45) is 0.829. The van der Waals surface area contributed by atoms with Crippen LogP contribution in [0.5, 0.6) is 17.2 Å². The lowest BCUT2D eigenvalue weighted by Gasteiger charge is -2.26. The first kappa shape index (κ1) is 40.7. The number of rotatable bonds is 14. The van der Waals surface area contributed by atoms with Gasteiger partial charge in [0, 0.05) is 34.1 Å². The second-order valence-electron chi connectivity index (χ2n) is 15.5. The predicted octanol–water partition coefficient (Wildman–Crippen LogP) is 14.8. The van der Waals surface area contributed by atoms with E-state index in [1.807, 2.05) is 62.4 Å². The fourth-order valence-corrected chi connectivity index (χ4v) is 8.31. The molecule has 0 aromatic heterocycles. The third kappa shape index (κ3) is 9.38. The van der Waals surface area contributed by atoms with Crippen molar-refractivity contribution in [2.24, 2.45) is 0 Å². The van der Waals surface area contributed by atoms with Gasteiger partial charge in [0.05, 0.1) is 9.79 Å². The quantitative estimate of drug-likeness (QED) is 0.109. The Morgan fingerprint density at radius 3 is 1.15 bits per heavy atom. The highest BCUT2D eigenvalue weighted by atomic mass is 32.2. The first-order valence-corrected chi connectivity index (χ1v) is 21.9. The number of aryl methyl sites for hydroxylation is 1. The van der Waals surface area contributed by atoms with E-state index < -0.39 is 9.84 Å². The Hall–Kier alpha value is -7.09. The highest BCUT2D eigenvalue weighted by Gasteiger charge is 2.21. The van der Waals surface area contributed by atoms with Crippen LogP contribution in [0.2, 0.25) is 0 Å². The molecule has 0 heterocycles. The Labute approximate surface area is 359 Å². The van der Waals surface area contributed by atoms with Gasteiger partial charge in [-0.1, -0.05) is 85.3 Å². The third-order valence-corrected chi connectivity index (χ3v) is 12.5.